The fraction of sp³-hybridized carbons (Fsp3) is 0.538. The van der Waals surface area contributed by atoms with Gasteiger partial charge in [-0.1, -0.05) is 25.3 Å². The van der Waals surface area contributed by atoms with Crippen molar-refractivity contribution >= 4 is 5.78 Å². The van der Waals surface area contributed by atoms with Gasteiger partial charge >= 0.3 is 0 Å². The third-order valence-corrected chi connectivity index (χ3v) is 3.54. The second-order valence-corrected chi connectivity index (χ2v) is 4.41. The van der Waals surface area contributed by atoms with Gasteiger partial charge in [0, 0.05) is 6.20 Å². The summed E-state index contributed by atoms with van der Waals surface area (Å²) in [5.74, 6) is 0.279. The van der Waals surface area contributed by atoms with Crippen LogP contribution in [0.15, 0.2) is 24.4 Å². The van der Waals surface area contributed by atoms with Crippen LogP contribution in [-0.4, -0.2) is 10.8 Å². The number of rotatable bonds is 2. The third kappa shape index (κ3) is 1.81. The van der Waals surface area contributed by atoms with Crippen LogP contribution in [0.5, 0.6) is 0 Å². The Morgan fingerprint density at radius 2 is 2.00 bits per heavy atom. The summed E-state index contributed by atoms with van der Waals surface area (Å²) in [5, 5.41) is 0. The van der Waals surface area contributed by atoms with Gasteiger partial charge in [0.05, 0.1) is 11.1 Å². The summed E-state index contributed by atoms with van der Waals surface area (Å²) in [6.45, 7) is 1.71. The van der Waals surface area contributed by atoms with Crippen molar-refractivity contribution in [2.24, 2.45) is 0 Å². The zero-order chi connectivity index (χ0) is 10.7. The van der Waals surface area contributed by atoms with Crippen molar-refractivity contribution in [3.63, 3.8) is 0 Å². The highest BCUT2D eigenvalue weighted by molar-refractivity contribution is 5.87. The van der Waals surface area contributed by atoms with E-state index in [2.05, 4.69) is 4.98 Å². The first-order valence-corrected chi connectivity index (χ1v) is 5.68. The van der Waals surface area contributed by atoms with Crippen molar-refractivity contribution in [3.05, 3.63) is 30.1 Å². The standard InChI is InChI=1S/C13H17NO/c1-11(15)13(8-4-2-5-9-13)12-7-3-6-10-14-12/h3,6-7,10H,2,4-5,8-9H2,1H3. The summed E-state index contributed by atoms with van der Waals surface area (Å²) in [4.78, 5) is 16.3. The van der Waals surface area contributed by atoms with Crippen LogP contribution in [0.4, 0.5) is 0 Å². The molecule has 0 amide bonds. The molecule has 2 heteroatoms. The predicted molar refractivity (Wildman–Crippen MR) is 59.7 cm³/mol. The third-order valence-electron chi connectivity index (χ3n) is 3.54. The van der Waals surface area contributed by atoms with E-state index < -0.39 is 0 Å². The first-order valence-electron chi connectivity index (χ1n) is 5.68. The van der Waals surface area contributed by atoms with Gasteiger partial charge in [0.15, 0.2) is 0 Å². The van der Waals surface area contributed by atoms with E-state index in [1.54, 1.807) is 13.1 Å². The molecule has 1 aliphatic carbocycles. The van der Waals surface area contributed by atoms with E-state index in [0.29, 0.717) is 0 Å². The molecule has 0 aromatic carbocycles. The van der Waals surface area contributed by atoms with Crippen molar-refractivity contribution in [1.29, 1.82) is 0 Å². The van der Waals surface area contributed by atoms with Gasteiger partial charge in [-0.05, 0) is 31.9 Å². The van der Waals surface area contributed by atoms with Crippen LogP contribution in [-0.2, 0) is 10.2 Å². The van der Waals surface area contributed by atoms with Crippen molar-refractivity contribution in [2.45, 2.75) is 44.4 Å². The first-order chi connectivity index (χ1) is 7.26. The Hall–Kier alpha value is -1.18. The molecule has 15 heavy (non-hydrogen) atoms. The summed E-state index contributed by atoms with van der Waals surface area (Å²) < 4.78 is 0. The van der Waals surface area contributed by atoms with E-state index in [1.165, 1.54) is 6.42 Å². The average Bonchev–Trinajstić information content (AvgIpc) is 2.31. The van der Waals surface area contributed by atoms with Crippen molar-refractivity contribution in [1.82, 2.24) is 4.98 Å². The molecule has 2 nitrogen and oxygen atoms in total. The van der Waals surface area contributed by atoms with Gasteiger partial charge in [-0.25, -0.2) is 0 Å². The minimum atomic E-state index is -0.278. The summed E-state index contributed by atoms with van der Waals surface area (Å²) >= 11 is 0. The summed E-state index contributed by atoms with van der Waals surface area (Å²) in [7, 11) is 0. The van der Waals surface area contributed by atoms with Gasteiger partial charge in [-0.15, -0.1) is 0 Å². The number of Topliss-reactive ketones (excluding diaryl/α,β-unsaturated/α-hetero) is 1. The Labute approximate surface area is 90.7 Å². The molecule has 1 aliphatic rings. The lowest BCUT2D eigenvalue weighted by Crippen LogP contribution is -2.37. The Balaban J connectivity index is 2.38. The number of ketones is 1. The van der Waals surface area contributed by atoms with Gasteiger partial charge in [0.25, 0.3) is 0 Å². The molecule has 0 atom stereocenters. The van der Waals surface area contributed by atoms with Crippen LogP contribution < -0.4 is 0 Å². The maximum Gasteiger partial charge on any atom is 0.141 e. The van der Waals surface area contributed by atoms with E-state index in [1.807, 2.05) is 18.2 Å². The summed E-state index contributed by atoms with van der Waals surface area (Å²) in [6, 6.07) is 5.87. The Kier molecular flexibility index (Phi) is 2.85. The van der Waals surface area contributed by atoms with E-state index in [9.17, 15) is 4.79 Å². The molecular weight excluding hydrogens is 186 g/mol. The zero-order valence-corrected chi connectivity index (χ0v) is 9.20. The Morgan fingerprint density at radius 3 is 2.53 bits per heavy atom. The van der Waals surface area contributed by atoms with E-state index >= 15 is 0 Å². The van der Waals surface area contributed by atoms with Gasteiger partial charge in [0.2, 0.25) is 0 Å². The Morgan fingerprint density at radius 1 is 1.27 bits per heavy atom. The number of aromatic nitrogens is 1. The predicted octanol–water partition coefficient (Wildman–Crippen LogP) is 2.87. The maximum absolute atomic E-state index is 11.9. The molecule has 0 unspecified atom stereocenters. The van der Waals surface area contributed by atoms with Crippen LogP contribution in [0, 0.1) is 0 Å². The highest BCUT2D eigenvalue weighted by atomic mass is 16.1. The fourth-order valence-electron chi connectivity index (χ4n) is 2.59. The molecule has 0 radical (unpaired) electrons. The van der Waals surface area contributed by atoms with Crippen molar-refractivity contribution in [2.75, 3.05) is 0 Å². The van der Waals surface area contributed by atoms with Gasteiger partial charge < -0.3 is 0 Å². The number of carbonyl (C=O) groups is 1. The maximum atomic E-state index is 11.9. The summed E-state index contributed by atoms with van der Waals surface area (Å²) in [5.41, 5.74) is 0.691. The van der Waals surface area contributed by atoms with Gasteiger partial charge in [-0.2, -0.15) is 0 Å². The highest BCUT2D eigenvalue weighted by Crippen LogP contribution is 2.39. The molecule has 1 aromatic heterocycles. The molecule has 0 bridgehead atoms. The van der Waals surface area contributed by atoms with Gasteiger partial charge in [0.1, 0.15) is 5.78 Å². The van der Waals surface area contributed by atoms with E-state index in [4.69, 9.17) is 0 Å². The number of pyridine rings is 1. The molecule has 1 aromatic rings. The highest BCUT2D eigenvalue weighted by Gasteiger charge is 2.39. The molecule has 0 saturated heterocycles. The van der Waals surface area contributed by atoms with Crippen LogP contribution in [0.1, 0.15) is 44.7 Å². The van der Waals surface area contributed by atoms with Crippen LogP contribution in [0.25, 0.3) is 0 Å². The van der Waals surface area contributed by atoms with Gasteiger partial charge in [-0.3, -0.25) is 9.78 Å². The largest absolute Gasteiger partial charge is 0.299 e. The second-order valence-electron chi connectivity index (χ2n) is 4.41. The smallest absolute Gasteiger partial charge is 0.141 e. The molecule has 0 N–H and O–H groups in total. The average molecular weight is 203 g/mol. The monoisotopic (exact) mass is 203 g/mol. The topological polar surface area (TPSA) is 30.0 Å². The molecular formula is C13H17NO. The molecule has 2 rings (SSSR count). The fourth-order valence-corrected chi connectivity index (χ4v) is 2.59. The van der Waals surface area contributed by atoms with E-state index in [-0.39, 0.29) is 11.2 Å². The molecule has 1 fully saturated rings. The van der Waals surface area contributed by atoms with Crippen LogP contribution in [0.2, 0.25) is 0 Å². The van der Waals surface area contributed by atoms with Crippen LogP contribution >= 0.6 is 0 Å². The number of hydrogen-bond acceptors (Lipinski definition) is 2. The van der Waals surface area contributed by atoms with Crippen molar-refractivity contribution in [3.8, 4) is 0 Å². The number of nitrogens with zero attached hydrogens (tertiary/aromatic N) is 1. The van der Waals surface area contributed by atoms with E-state index in [0.717, 1.165) is 31.4 Å². The zero-order valence-electron chi connectivity index (χ0n) is 9.20. The van der Waals surface area contributed by atoms with Crippen LogP contribution in [0.3, 0.4) is 0 Å². The molecule has 0 aliphatic heterocycles. The lowest BCUT2D eigenvalue weighted by atomic mass is 9.69. The molecule has 0 spiro atoms. The minimum absolute atomic E-state index is 0.278. The minimum Gasteiger partial charge on any atom is -0.299 e. The summed E-state index contributed by atoms with van der Waals surface area (Å²) in [6.07, 6.45) is 7.28. The number of hydrogen-bond donors (Lipinski definition) is 0. The molecule has 1 heterocycles. The molecule has 80 valence electrons. The SMILES string of the molecule is CC(=O)C1(c2ccccn2)CCCCC1. The lowest BCUT2D eigenvalue weighted by molar-refractivity contribution is -0.123. The Bertz CT molecular complexity index is 339. The molecule has 1 saturated carbocycles. The van der Waals surface area contributed by atoms with Crippen molar-refractivity contribution < 1.29 is 4.79 Å². The quantitative estimate of drug-likeness (QED) is 0.739. The normalized spacial score (nSPS) is 19.8. The first kappa shape index (κ1) is 10.3. The number of carbonyl (C=O) groups excluding carboxylic acids is 1. The lowest BCUT2D eigenvalue weighted by Gasteiger charge is -2.34. The second kappa shape index (κ2) is 4.13.